The van der Waals surface area contributed by atoms with Gasteiger partial charge in [0.25, 0.3) is 10.0 Å². The highest BCUT2D eigenvalue weighted by Crippen LogP contribution is 2.27. The summed E-state index contributed by atoms with van der Waals surface area (Å²) in [6.45, 7) is 4.20. The lowest BCUT2D eigenvalue weighted by Crippen LogP contribution is -2.31. The molecule has 0 spiro atoms. The summed E-state index contributed by atoms with van der Waals surface area (Å²) in [5.41, 5.74) is 0.480. The summed E-state index contributed by atoms with van der Waals surface area (Å²) in [5, 5.41) is 0. The normalized spacial score (nSPS) is 12.2. The minimum absolute atomic E-state index is 0.00333. The van der Waals surface area contributed by atoms with Gasteiger partial charge in [-0.3, -0.25) is 4.31 Å². The molecule has 0 aliphatic rings. The van der Waals surface area contributed by atoms with Crippen molar-refractivity contribution in [2.45, 2.75) is 30.2 Å². The highest BCUT2D eigenvalue weighted by Gasteiger charge is 2.27. The Hall–Kier alpha value is -2.62. The summed E-state index contributed by atoms with van der Waals surface area (Å²) in [5.74, 6) is 0.489. The van der Waals surface area contributed by atoms with E-state index in [1.165, 1.54) is 39.1 Å². The molecule has 2 aromatic carbocycles. The van der Waals surface area contributed by atoms with Crippen molar-refractivity contribution >= 4 is 25.7 Å². The maximum absolute atomic E-state index is 13.4. The van der Waals surface area contributed by atoms with Crippen LogP contribution >= 0.6 is 0 Å². The number of hydrogen-bond acceptors (Lipinski definition) is 5. The van der Waals surface area contributed by atoms with Crippen LogP contribution < -0.4 is 4.31 Å². The molecular formula is C21H24N2O5S2. The Morgan fingerprint density at radius 3 is 1.80 bits per heavy atom. The first-order valence-corrected chi connectivity index (χ1v) is 12.4. The van der Waals surface area contributed by atoms with E-state index in [2.05, 4.69) is 0 Å². The Morgan fingerprint density at radius 2 is 1.30 bits per heavy atom. The van der Waals surface area contributed by atoms with Crippen molar-refractivity contribution in [1.82, 2.24) is 4.31 Å². The van der Waals surface area contributed by atoms with Crippen LogP contribution in [0, 0.1) is 0 Å². The first-order valence-electron chi connectivity index (χ1n) is 9.51. The molecule has 7 nitrogen and oxygen atoms in total. The molecule has 3 rings (SSSR count). The van der Waals surface area contributed by atoms with Gasteiger partial charge in [0.05, 0.1) is 28.3 Å². The fourth-order valence-corrected chi connectivity index (χ4v) is 5.97. The van der Waals surface area contributed by atoms with Gasteiger partial charge >= 0.3 is 0 Å². The minimum Gasteiger partial charge on any atom is -0.467 e. The lowest BCUT2D eigenvalue weighted by Gasteiger charge is -2.24. The number of hydrogen-bond donors (Lipinski definition) is 0. The lowest BCUT2D eigenvalue weighted by atomic mass is 10.3. The largest absolute Gasteiger partial charge is 0.467 e. The summed E-state index contributed by atoms with van der Waals surface area (Å²) in [7, 11) is -7.63. The first kappa shape index (κ1) is 22.1. The smallest absolute Gasteiger partial charge is 0.264 e. The van der Waals surface area contributed by atoms with Crippen molar-refractivity contribution in [2.75, 3.05) is 17.4 Å². The molecule has 30 heavy (non-hydrogen) atoms. The Labute approximate surface area is 177 Å². The third kappa shape index (κ3) is 4.43. The number of sulfonamides is 2. The van der Waals surface area contributed by atoms with Crippen molar-refractivity contribution in [3.63, 3.8) is 0 Å². The summed E-state index contributed by atoms with van der Waals surface area (Å²) in [6.07, 6.45) is 1.48. The molecular weight excluding hydrogens is 424 g/mol. The lowest BCUT2D eigenvalue weighted by molar-refractivity contribution is 0.445. The highest BCUT2D eigenvalue weighted by atomic mass is 32.2. The maximum Gasteiger partial charge on any atom is 0.264 e. The molecule has 160 valence electrons. The van der Waals surface area contributed by atoms with Gasteiger partial charge in [-0.2, -0.15) is 4.31 Å². The van der Waals surface area contributed by atoms with E-state index in [-0.39, 0.29) is 16.3 Å². The molecule has 0 radical (unpaired) electrons. The summed E-state index contributed by atoms with van der Waals surface area (Å²) < 4.78 is 60.0. The zero-order valence-electron chi connectivity index (χ0n) is 16.8. The number of furan rings is 1. The maximum atomic E-state index is 13.4. The van der Waals surface area contributed by atoms with E-state index < -0.39 is 20.0 Å². The van der Waals surface area contributed by atoms with E-state index in [4.69, 9.17) is 4.42 Å². The van der Waals surface area contributed by atoms with Crippen LogP contribution in [-0.2, 0) is 26.6 Å². The van der Waals surface area contributed by atoms with Crippen LogP contribution in [0.2, 0.25) is 0 Å². The molecule has 0 bridgehead atoms. The summed E-state index contributed by atoms with van der Waals surface area (Å²) >= 11 is 0. The van der Waals surface area contributed by atoms with Gasteiger partial charge in [0.15, 0.2) is 0 Å². The number of nitrogens with zero attached hydrogens (tertiary/aromatic N) is 2. The van der Waals surface area contributed by atoms with E-state index in [9.17, 15) is 16.8 Å². The van der Waals surface area contributed by atoms with Crippen LogP contribution in [0.1, 0.15) is 19.6 Å². The van der Waals surface area contributed by atoms with E-state index in [0.717, 1.165) is 0 Å². The first-order chi connectivity index (χ1) is 14.3. The number of anilines is 1. The second-order valence-corrected chi connectivity index (χ2v) is 10.3. The fourth-order valence-electron chi connectivity index (χ4n) is 3.08. The standard InChI is InChI=1S/C21H24N2O5S2/c1-3-22(4-2)29(24,25)20-12-14-21(15-13-20)30(26,27)23(17-19-11-8-16-28-19)18-9-6-5-7-10-18/h5-16H,3-4,17H2,1-2H3. The van der Waals surface area contributed by atoms with E-state index in [1.54, 1.807) is 56.3 Å². The van der Waals surface area contributed by atoms with Gasteiger partial charge in [0.2, 0.25) is 10.0 Å². The molecule has 9 heteroatoms. The molecule has 0 saturated carbocycles. The number of para-hydroxylation sites is 1. The van der Waals surface area contributed by atoms with Gasteiger partial charge in [-0.05, 0) is 48.5 Å². The average molecular weight is 449 g/mol. The molecule has 0 aliphatic heterocycles. The van der Waals surface area contributed by atoms with E-state index >= 15 is 0 Å². The molecule has 0 atom stereocenters. The van der Waals surface area contributed by atoms with Crippen LogP contribution in [-0.4, -0.2) is 34.2 Å². The number of benzene rings is 2. The Morgan fingerprint density at radius 1 is 0.733 bits per heavy atom. The van der Waals surface area contributed by atoms with Crippen LogP contribution in [0.3, 0.4) is 0 Å². The molecule has 0 fully saturated rings. The summed E-state index contributed by atoms with van der Waals surface area (Å²) in [6, 6.07) is 17.4. The van der Waals surface area contributed by atoms with Crippen LogP contribution in [0.15, 0.2) is 87.2 Å². The molecule has 1 aromatic heterocycles. The molecule has 0 saturated heterocycles. The quantitative estimate of drug-likeness (QED) is 0.498. The van der Waals surface area contributed by atoms with Gasteiger partial charge in [0, 0.05) is 13.1 Å². The van der Waals surface area contributed by atoms with Crippen LogP contribution in [0.5, 0.6) is 0 Å². The van der Waals surface area contributed by atoms with Crippen molar-refractivity contribution < 1.29 is 21.3 Å². The molecule has 0 N–H and O–H groups in total. The Balaban J connectivity index is 1.99. The Kier molecular flexibility index (Phi) is 6.64. The zero-order chi connectivity index (χ0) is 21.8. The minimum atomic E-state index is -3.96. The molecule has 0 aliphatic carbocycles. The van der Waals surface area contributed by atoms with Crippen molar-refractivity contribution in [2.24, 2.45) is 0 Å². The summed E-state index contributed by atoms with van der Waals surface area (Å²) in [4.78, 5) is 0.0545. The van der Waals surface area contributed by atoms with Crippen molar-refractivity contribution in [3.8, 4) is 0 Å². The SMILES string of the molecule is CCN(CC)S(=O)(=O)c1ccc(S(=O)(=O)N(Cc2ccco2)c2ccccc2)cc1. The molecule has 0 amide bonds. The van der Waals surface area contributed by atoms with E-state index in [1.807, 2.05) is 0 Å². The van der Waals surface area contributed by atoms with Gasteiger partial charge in [-0.15, -0.1) is 0 Å². The average Bonchev–Trinajstić information content (AvgIpc) is 3.27. The Bertz CT molecular complexity index is 1150. The second-order valence-electron chi connectivity index (χ2n) is 6.49. The monoisotopic (exact) mass is 448 g/mol. The van der Waals surface area contributed by atoms with Crippen molar-refractivity contribution in [3.05, 3.63) is 78.8 Å². The predicted octanol–water partition coefficient (Wildman–Crippen LogP) is 3.71. The van der Waals surface area contributed by atoms with Gasteiger partial charge in [-0.1, -0.05) is 32.0 Å². The molecule has 0 unspecified atom stereocenters. The fraction of sp³-hybridized carbons (Fsp3) is 0.238. The van der Waals surface area contributed by atoms with E-state index in [0.29, 0.717) is 24.5 Å². The molecule has 3 aromatic rings. The predicted molar refractivity (Wildman–Crippen MR) is 115 cm³/mol. The third-order valence-electron chi connectivity index (χ3n) is 4.68. The topological polar surface area (TPSA) is 87.9 Å². The molecule has 1 heterocycles. The zero-order valence-corrected chi connectivity index (χ0v) is 18.4. The van der Waals surface area contributed by atoms with Gasteiger partial charge in [-0.25, -0.2) is 16.8 Å². The van der Waals surface area contributed by atoms with Gasteiger partial charge < -0.3 is 4.42 Å². The van der Waals surface area contributed by atoms with Crippen LogP contribution in [0.25, 0.3) is 0 Å². The third-order valence-corrected chi connectivity index (χ3v) is 8.53. The van der Waals surface area contributed by atoms with Gasteiger partial charge in [0.1, 0.15) is 5.76 Å². The number of rotatable bonds is 9. The highest BCUT2D eigenvalue weighted by molar-refractivity contribution is 7.92. The second kappa shape index (κ2) is 9.03. The van der Waals surface area contributed by atoms with Crippen molar-refractivity contribution in [1.29, 1.82) is 0 Å². The van der Waals surface area contributed by atoms with Crippen LogP contribution in [0.4, 0.5) is 5.69 Å².